The van der Waals surface area contributed by atoms with E-state index in [9.17, 15) is 9.90 Å². The van der Waals surface area contributed by atoms with Crippen LogP contribution >= 0.6 is 0 Å². The zero-order chi connectivity index (χ0) is 16.5. The van der Waals surface area contributed by atoms with Gasteiger partial charge >= 0.3 is 0 Å². The maximum Gasteiger partial charge on any atom is 0.256 e. The van der Waals surface area contributed by atoms with Crippen LogP contribution in [-0.4, -0.2) is 37.8 Å². The van der Waals surface area contributed by atoms with Gasteiger partial charge in [-0.15, -0.1) is 0 Å². The van der Waals surface area contributed by atoms with Gasteiger partial charge < -0.3 is 10.4 Å². The molecule has 0 heterocycles. The monoisotopic (exact) mass is 293 g/mol. The highest BCUT2D eigenvalue weighted by molar-refractivity contribution is 5.96. The summed E-state index contributed by atoms with van der Waals surface area (Å²) in [6.45, 7) is 7.58. The number of carbonyl (C=O) groups excluding carboxylic acids is 1. The molecule has 0 aliphatic rings. The predicted octanol–water partition coefficient (Wildman–Crippen LogP) is 3.01. The lowest BCUT2D eigenvalue weighted by Gasteiger charge is -2.30. The molecule has 0 saturated heterocycles. The summed E-state index contributed by atoms with van der Waals surface area (Å²) in [5.74, 6) is -0.365. The summed E-state index contributed by atoms with van der Waals surface area (Å²) < 4.78 is 0.718. The van der Waals surface area contributed by atoms with Gasteiger partial charge in [-0.25, -0.2) is 0 Å². The van der Waals surface area contributed by atoms with Crippen molar-refractivity contribution < 1.29 is 9.90 Å². The summed E-state index contributed by atoms with van der Waals surface area (Å²) in [5, 5.41) is 13.1. The van der Waals surface area contributed by atoms with E-state index in [0.717, 1.165) is 10.2 Å². The molecule has 1 unspecified atom stereocenters. The number of benzene rings is 1. The number of anilines is 1. The smallest absolute Gasteiger partial charge is 0.256 e. The molecule has 0 aliphatic heterocycles. The second kappa shape index (κ2) is 5.78. The Morgan fingerprint density at radius 3 is 1.95 bits per heavy atom. The van der Waals surface area contributed by atoms with E-state index >= 15 is 0 Å². The minimum atomic E-state index is -1.38. The van der Waals surface area contributed by atoms with Crippen molar-refractivity contribution in [1.82, 2.24) is 4.48 Å². The summed E-state index contributed by atoms with van der Waals surface area (Å²) in [6, 6.07) is 7.69. The van der Waals surface area contributed by atoms with E-state index in [0.29, 0.717) is 12.1 Å². The Kier molecular flexibility index (Phi) is 4.86. The van der Waals surface area contributed by atoms with Gasteiger partial charge in [-0.05, 0) is 30.9 Å². The topological polar surface area (TPSA) is 49.3 Å². The van der Waals surface area contributed by atoms with Gasteiger partial charge in [0, 0.05) is 17.8 Å². The number of hydrogen-bond acceptors (Lipinski definition) is 2. The Morgan fingerprint density at radius 1 is 1.10 bits per heavy atom. The van der Waals surface area contributed by atoms with E-state index in [2.05, 4.69) is 26.5 Å². The highest BCUT2D eigenvalue weighted by Gasteiger charge is 2.34. The fourth-order valence-corrected chi connectivity index (χ4v) is 2.37. The van der Waals surface area contributed by atoms with Crippen LogP contribution in [-0.2, 0) is 4.79 Å². The van der Waals surface area contributed by atoms with Crippen LogP contribution in [0.4, 0.5) is 11.4 Å². The van der Waals surface area contributed by atoms with Crippen molar-refractivity contribution in [2.45, 2.75) is 39.7 Å². The number of rotatable bonds is 4. The zero-order valence-corrected chi connectivity index (χ0v) is 14.3. The molecule has 1 rings (SSSR count). The fraction of sp³-hybridized carbons (Fsp3) is 0.588. The van der Waals surface area contributed by atoms with Crippen LogP contribution in [0.15, 0.2) is 24.3 Å². The summed E-state index contributed by atoms with van der Waals surface area (Å²) in [4.78, 5) is 12.2. The second-order valence-electron chi connectivity index (χ2n) is 8.02. The van der Waals surface area contributed by atoms with Crippen molar-refractivity contribution in [3.8, 4) is 0 Å². The summed E-state index contributed by atoms with van der Waals surface area (Å²) in [5.41, 5.74) is 0.353. The average molecular weight is 293 g/mol. The third-order valence-electron chi connectivity index (χ3n) is 3.26. The van der Waals surface area contributed by atoms with Crippen molar-refractivity contribution in [2.24, 2.45) is 5.41 Å². The van der Waals surface area contributed by atoms with Gasteiger partial charge in [-0.2, -0.15) is 0 Å². The normalized spacial score (nSPS) is 15.4. The lowest BCUT2D eigenvalue weighted by molar-refractivity contribution is -0.135. The Labute approximate surface area is 128 Å². The lowest BCUT2D eigenvalue weighted by atomic mass is 9.82. The van der Waals surface area contributed by atoms with Crippen LogP contribution in [0.25, 0.3) is 0 Å². The van der Waals surface area contributed by atoms with Crippen molar-refractivity contribution in [1.29, 1.82) is 0 Å². The molecule has 4 heteroatoms. The van der Waals surface area contributed by atoms with Crippen LogP contribution in [0.5, 0.6) is 0 Å². The Bertz CT molecular complexity index is 491. The third kappa shape index (κ3) is 5.48. The number of carbonyl (C=O) groups is 1. The maximum absolute atomic E-state index is 12.2. The second-order valence-corrected chi connectivity index (χ2v) is 8.02. The van der Waals surface area contributed by atoms with Gasteiger partial charge in [-0.1, -0.05) is 20.8 Å². The molecular weight excluding hydrogens is 264 g/mol. The molecule has 0 saturated carbocycles. The van der Waals surface area contributed by atoms with Gasteiger partial charge in [0.1, 0.15) is 11.3 Å². The fourth-order valence-electron chi connectivity index (χ4n) is 2.37. The number of amides is 1. The largest absolute Gasteiger partial charge is 0.380 e. The average Bonchev–Trinajstić information content (AvgIpc) is 2.25. The van der Waals surface area contributed by atoms with Crippen LogP contribution in [0.2, 0.25) is 0 Å². The molecule has 1 aromatic rings. The van der Waals surface area contributed by atoms with Crippen molar-refractivity contribution in [3.05, 3.63) is 24.3 Å². The first-order valence-corrected chi connectivity index (χ1v) is 7.27. The summed E-state index contributed by atoms with van der Waals surface area (Å²) >= 11 is 0. The number of nitrogens with zero attached hydrogens (tertiary/aromatic N) is 1. The van der Waals surface area contributed by atoms with Crippen molar-refractivity contribution in [2.75, 3.05) is 26.5 Å². The standard InChI is InChI=1S/C17H28N2O2/c1-16(2,3)12-17(4,21)15(20)18-13-8-10-14(11-9-13)19(5,6)7/h8-11,21H,12H2,1-7H3/p+1. The molecule has 0 radical (unpaired) electrons. The lowest BCUT2D eigenvalue weighted by Crippen LogP contribution is -2.43. The minimum absolute atomic E-state index is 0.117. The molecule has 4 nitrogen and oxygen atoms in total. The van der Waals surface area contributed by atoms with Crippen molar-refractivity contribution in [3.63, 3.8) is 0 Å². The first-order valence-electron chi connectivity index (χ1n) is 7.27. The SMILES string of the molecule is CC(C)(C)CC(C)(O)C(=O)Nc1ccc([N+](C)(C)C)cc1. The first kappa shape index (κ1) is 17.7. The van der Waals surface area contributed by atoms with Crippen LogP contribution < -0.4 is 9.80 Å². The molecule has 21 heavy (non-hydrogen) atoms. The van der Waals surface area contributed by atoms with Gasteiger partial charge in [0.2, 0.25) is 0 Å². The molecule has 0 aromatic heterocycles. The van der Waals surface area contributed by atoms with Gasteiger partial charge in [0.25, 0.3) is 5.91 Å². The molecule has 0 fully saturated rings. The maximum atomic E-state index is 12.2. The van der Waals surface area contributed by atoms with E-state index in [4.69, 9.17) is 0 Å². The van der Waals surface area contributed by atoms with E-state index in [-0.39, 0.29) is 11.3 Å². The molecule has 0 spiro atoms. The summed E-state index contributed by atoms with van der Waals surface area (Å²) in [6.07, 6.45) is 0.406. The highest BCUT2D eigenvalue weighted by Crippen LogP contribution is 2.28. The van der Waals surface area contributed by atoms with E-state index in [1.807, 2.05) is 45.0 Å². The van der Waals surface area contributed by atoms with Crippen LogP contribution in [0, 0.1) is 5.41 Å². The van der Waals surface area contributed by atoms with E-state index in [1.54, 1.807) is 6.92 Å². The minimum Gasteiger partial charge on any atom is -0.380 e. The molecule has 0 bridgehead atoms. The Hall–Kier alpha value is -1.39. The van der Waals surface area contributed by atoms with Gasteiger partial charge in [0.15, 0.2) is 0 Å². The number of aliphatic hydroxyl groups is 1. The first-order chi connectivity index (χ1) is 9.31. The number of nitrogens with one attached hydrogen (secondary N) is 1. The Balaban J connectivity index is 2.79. The molecule has 2 N–H and O–H groups in total. The Morgan fingerprint density at radius 2 is 1.57 bits per heavy atom. The van der Waals surface area contributed by atoms with Crippen LogP contribution in [0.1, 0.15) is 34.1 Å². The van der Waals surface area contributed by atoms with Crippen LogP contribution in [0.3, 0.4) is 0 Å². The highest BCUT2D eigenvalue weighted by atomic mass is 16.3. The molecule has 1 atom stereocenters. The van der Waals surface area contributed by atoms with E-state index in [1.165, 1.54) is 0 Å². The quantitative estimate of drug-likeness (QED) is 0.838. The third-order valence-corrected chi connectivity index (χ3v) is 3.26. The molecule has 118 valence electrons. The number of quaternary nitrogens is 1. The van der Waals surface area contributed by atoms with E-state index < -0.39 is 5.60 Å². The number of hydrogen-bond donors (Lipinski definition) is 2. The van der Waals surface area contributed by atoms with Gasteiger partial charge in [0.05, 0.1) is 21.1 Å². The van der Waals surface area contributed by atoms with Crippen molar-refractivity contribution >= 4 is 17.3 Å². The predicted molar refractivity (Wildman–Crippen MR) is 89.3 cm³/mol. The summed E-state index contributed by atoms with van der Waals surface area (Å²) in [7, 11) is 6.26. The van der Waals surface area contributed by atoms with Gasteiger partial charge in [-0.3, -0.25) is 9.28 Å². The molecule has 0 aliphatic carbocycles. The molecule has 1 amide bonds. The zero-order valence-electron chi connectivity index (χ0n) is 14.3. The molecular formula is C17H29N2O2+. The molecule has 1 aromatic carbocycles.